The molecule has 0 bridgehead atoms. The molecular weight excluding hydrogens is 286 g/mol. The highest BCUT2D eigenvalue weighted by Gasteiger charge is 2.22. The van der Waals surface area contributed by atoms with Crippen molar-refractivity contribution in [3.63, 3.8) is 0 Å². The molecule has 1 aliphatic carbocycles. The van der Waals surface area contributed by atoms with Crippen LogP contribution in [-0.2, 0) is 12.8 Å². The molecule has 0 amide bonds. The Kier molecular flexibility index (Phi) is 4.10. The maximum absolute atomic E-state index is 7.84. The first kappa shape index (κ1) is 15.2. The molecule has 0 fully saturated rings. The smallest absolute Gasteiger partial charge is 0.0774 e. The van der Waals surface area contributed by atoms with Gasteiger partial charge in [-0.05, 0) is 48.9 Å². The van der Waals surface area contributed by atoms with Gasteiger partial charge >= 0.3 is 0 Å². The minimum atomic E-state index is 0.652. The van der Waals surface area contributed by atoms with E-state index < -0.39 is 0 Å². The minimum Gasteiger partial charge on any atom is -0.404 e. The van der Waals surface area contributed by atoms with Crippen molar-refractivity contribution in [1.29, 1.82) is 10.8 Å². The first-order chi connectivity index (χ1) is 11.2. The molecule has 0 saturated carbocycles. The molecule has 118 valence electrons. The van der Waals surface area contributed by atoms with E-state index in [4.69, 9.17) is 21.5 Å². The van der Waals surface area contributed by atoms with Crippen molar-refractivity contribution in [1.82, 2.24) is 4.98 Å². The number of benzene rings is 1. The molecule has 0 saturated heterocycles. The lowest BCUT2D eigenvalue weighted by Crippen LogP contribution is -2.12. The number of nitrogens with zero attached hydrogens (tertiary/aromatic N) is 1. The van der Waals surface area contributed by atoms with Gasteiger partial charge in [0.2, 0.25) is 0 Å². The summed E-state index contributed by atoms with van der Waals surface area (Å²) in [5, 5.41) is 19.7. The van der Waals surface area contributed by atoms with Crippen LogP contribution in [0.3, 0.4) is 0 Å². The average molecular weight is 307 g/mol. The molecule has 0 spiro atoms. The average Bonchev–Trinajstić information content (AvgIpc) is 2.61. The number of rotatable bonds is 4. The van der Waals surface area contributed by atoms with Crippen LogP contribution < -0.4 is 11.1 Å². The molecule has 0 aliphatic heterocycles. The van der Waals surface area contributed by atoms with Gasteiger partial charge in [-0.15, -0.1) is 0 Å². The van der Waals surface area contributed by atoms with Gasteiger partial charge in [0, 0.05) is 47.9 Å². The fraction of sp³-hybridized carbons (Fsp3) is 0.278. The summed E-state index contributed by atoms with van der Waals surface area (Å²) in [5.41, 5.74) is 12.3. The highest BCUT2D eigenvalue weighted by Crippen LogP contribution is 2.36. The molecule has 0 radical (unpaired) electrons. The van der Waals surface area contributed by atoms with Gasteiger partial charge in [0.05, 0.1) is 11.2 Å². The summed E-state index contributed by atoms with van der Waals surface area (Å²) in [4.78, 5) is 4.78. The SMILES string of the molecule is CNc1ccc2nc(/C(C=N)=C/N)c3c(c2c1C=N)CCCC3. The molecule has 1 aromatic carbocycles. The van der Waals surface area contributed by atoms with Crippen molar-refractivity contribution < 1.29 is 0 Å². The molecular formula is C18H21N5. The second kappa shape index (κ2) is 6.20. The second-order valence-corrected chi connectivity index (χ2v) is 5.71. The van der Waals surface area contributed by atoms with Crippen molar-refractivity contribution in [2.75, 3.05) is 12.4 Å². The van der Waals surface area contributed by atoms with Gasteiger partial charge < -0.3 is 21.9 Å². The van der Waals surface area contributed by atoms with E-state index in [9.17, 15) is 0 Å². The van der Waals surface area contributed by atoms with Gasteiger partial charge in [-0.2, -0.15) is 0 Å². The van der Waals surface area contributed by atoms with Crippen LogP contribution in [0.15, 0.2) is 18.3 Å². The van der Waals surface area contributed by atoms with Gasteiger partial charge in [-0.25, -0.2) is 4.98 Å². The van der Waals surface area contributed by atoms with Gasteiger partial charge in [0.25, 0.3) is 0 Å². The maximum atomic E-state index is 7.84. The minimum absolute atomic E-state index is 0.652. The van der Waals surface area contributed by atoms with E-state index in [-0.39, 0.29) is 0 Å². The first-order valence-corrected chi connectivity index (χ1v) is 7.84. The van der Waals surface area contributed by atoms with Crippen molar-refractivity contribution in [2.24, 2.45) is 5.73 Å². The third-order valence-electron chi connectivity index (χ3n) is 4.53. The van der Waals surface area contributed by atoms with E-state index in [1.165, 1.54) is 29.8 Å². The van der Waals surface area contributed by atoms with Crippen LogP contribution in [0.5, 0.6) is 0 Å². The molecule has 2 aromatic rings. The monoisotopic (exact) mass is 307 g/mol. The zero-order valence-corrected chi connectivity index (χ0v) is 13.2. The first-order valence-electron chi connectivity index (χ1n) is 7.84. The maximum Gasteiger partial charge on any atom is 0.0774 e. The number of hydrogen-bond donors (Lipinski definition) is 4. The van der Waals surface area contributed by atoms with Crippen LogP contribution in [0.1, 0.15) is 35.2 Å². The Bertz CT molecular complexity index is 820. The second-order valence-electron chi connectivity index (χ2n) is 5.71. The number of aromatic nitrogens is 1. The Balaban J connectivity index is 2.44. The van der Waals surface area contributed by atoms with E-state index >= 15 is 0 Å². The number of nitrogens with one attached hydrogen (secondary N) is 3. The Labute approximate surface area is 135 Å². The molecule has 23 heavy (non-hydrogen) atoms. The Morgan fingerprint density at radius 1 is 1.22 bits per heavy atom. The fourth-order valence-corrected chi connectivity index (χ4v) is 3.45. The fourth-order valence-electron chi connectivity index (χ4n) is 3.45. The normalized spacial score (nSPS) is 14.4. The molecule has 5 nitrogen and oxygen atoms in total. The molecule has 1 aromatic heterocycles. The Morgan fingerprint density at radius 2 is 1.96 bits per heavy atom. The quantitative estimate of drug-likeness (QED) is 0.653. The van der Waals surface area contributed by atoms with Gasteiger partial charge in [-0.1, -0.05) is 0 Å². The highest BCUT2D eigenvalue weighted by atomic mass is 14.8. The van der Waals surface area contributed by atoms with E-state index in [1.807, 2.05) is 19.2 Å². The van der Waals surface area contributed by atoms with Crippen molar-refractivity contribution in [3.05, 3.63) is 40.7 Å². The molecule has 5 heteroatoms. The van der Waals surface area contributed by atoms with Crippen molar-refractivity contribution in [2.45, 2.75) is 25.7 Å². The molecule has 1 aliphatic rings. The van der Waals surface area contributed by atoms with E-state index in [0.717, 1.165) is 53.5 Å². The predicted octanol–water partition coefficient (Wildman–Crippen LogP) is 3.10. The summed E-state index contributed by atoms with van der Waals surface area (Å²) in [5.74, 6) is 0. The van der Waals surface area contributed by atoms with Crippen LogP contribution in [0.4, 0.5) is 5.69 Å². The molecule has 1 heterocycles. The molecule has 5 N–H and O–H groups in total. The summed E-state index contributed by atoms with van der Waals surface area (Å²) >= 11 is 0. The third kappa shape index (κ3) is 2.38. The lowest BCUT2D eigenvalue weighted by molar-refractivity contribution is 0.686. The summed E-state index contributed by atoms with van der Waals surface area (Å²) in [7, 11) is 1.87. The predicted molar refractivity (Wildman–Crippen MR) is 96.8 cm³/mol. The molecule has 0 unspecified atom stereocenters. The van der Waals surface area contributed by atoms with Crippen LogP contribution in [-0.4, -0.2) is 24.5 Å². The number of pyridine rings is 1. The third-order valence-corrected chi connectivity index (χ3v) is 4.53. The van der Waals surface area contributed by atoms with Crippen molar-refractivity contribution >= 4 is 34.6 Å². The number of hydrogen-bond acceptors (Lipinski definition) is 5. The van der Waals surface area contributed by atoms with Crippen molar-refractivity contribution in [3.8, 4) is 0 Å². The van der Waals surface area contributed by atoms with Crippen LogP contribution in [0.2, 0.25) is 0 Å². The number of anilines is 1. The van der Waals surface area contributed by atoms with E-state index in [2.05, 4.69) is 5.32 Å². The number of allylic oxidation sites excluding steroid dienone is 1. The van der Waals surface area contributed by atoms with E-state index in [0.29, 0.717) is 5.57 Å². The summed E-state index contributed by atoms with van der Waals surface area (Å²) < 4.78 is 0. The highest BCUT2D eigenvalue weighted by molar-refractivity contribution is 6.10. The summed E-state index contributed by atoms with van der Waals surface area (Å²) in [6, 6.07) is 3.93. The zero-order chi connectivity index (χ0) is 16.4. The standard InChI is InChI=1S/C18H21N5/c1-22-15-6-7-16-17(14(15)10-21)12-4-2-3-5-13(12)18(23-16)11(8-19)9-20/h6-10,19,21-22H,2-5,20H2,1H3/b11-9+,19-8?,21-10?. The van der Waals surface area contributed by atoms with Gasteiger partial charge in [0.15, 0.2) is 0 Å². The number of aryl methyl sites for hydroxylation is 1. The largest absolute Gasteiger partial charge is 0.404 e. The van der Waals surface area contributed by atoms with E-state index in [1.54, 1.807) is 0 Å². The van der Waals surface area contributed by atoms with Crippen LogP contribution >= 0.6 is 0 Å². The van der Waals surface area contributed by atoms with Crippen LogP contribution in [0, 0.1) is 10.8 Å². The zero-order valence-electron chi connectivity index (χ0n) is 13.2. The summed E-state index contributed by atoms with van der Waals surface area (Å²) in [6.07, 6.45) is 8.30. The topological polar surface area (TPSA) is 98.6 Å². The lowest BCUT2D eigenvalue weighted by Gasteiger charge is -2.23. The molecule has 3 rings (SSSR count). The van der Waals surface area contributed by atoms with Gasteiger partial charge in [0.1, 0.15) is 0 Å². The Hall–Kier alpha value is -2.69. The number of nitrogens with two attached hydrogens (primary N) is 1. The lowest BCUT2D eigenvalue weighted by atomic mass is 9.85. The Morgan fingerprint density at radius 3 is 2.57 bits per heavy atom. The van der Waals surface area contributed by atoms with Gasteiger partial charge in [-0.3, -0.25) is 0 Å². The van der Waals surface area contributed by atoms with Crippen LogP contribution in [0.25, 0.3) is 16.5 Å². The molecule has 0 atom stereocenters. The summed E-state index contributed by atoms with van der Waals surface area (Å²) in [6.45, 7) is 0. The number of fused-ring (bicyclic) bond motifs is 3.